The Morgan fingerprint density at radius 3 is 1.70 bits per heavy atom. The first-order valence-corrected chi connectivity index (χ1v) is 13.8. The van der Waals surface area contributed by atoms with Crippen molar-refractivity contribution in [1.82, 2.24) is 0 Å². The van der Waals surface area contributed by atoms with E-state index in [1.807, 2.05) is 146 Å². The summed E-state index contributed by atoms with van der Waals surface area (Å²) in [6, 6.07) is 47.1. The van der Waals surface area contributed by atoms with Crippen LogP contribution in [0.3, 0.4) is 0 Å². The molecule has 6 nitrogen and oxygen atoms in total. The van der Waals surface area contributed by atoms with Gasteiger partial charge in [0.15, 0.2) is 11.3 Å². The van der Waals surface area contributed by atoms with Gasteiger partial charge in [-0.05, 0) is 47.5 Å². The monoisotopic (exact) mass is 585 g/mol. The molecule has 2 heterocycles. The second kappa shape index (κ2) is 9.47. The fourth-order valence-electron chi connectivity index (χ4n) is 5.77. The minimum atomic E-state index is -1.29. The lowest BCUT2D eigenvalue weighted by Crippen LogP contribution is -2.53. The molecule has 1 saturated heterocycles. The number of azo groups is 1. The van der Waals surface area contributed by atoms with Crippen LogP contribution in [0.15, 0.2) is 155 Å². The summed E-state index contributed by atoms with van der Waals surface area (Å²) in [6.45, 7) is 0. The Morgan fingerprint density at radius 1 is 0.600 bits per heavy atom. The summed E-state index contributed by atoms with van der Waals surface area (Å²) >= 11 is 3.56. The lowest BCUT2D eigenvalue weighted by molar-refractivity contribution is -0.457. The van der Waals surface area contributed by atoms with Gasteiger partial charge >= 0.3 is 6.03 Å². The summed E-state index contributed by atoms with van der Waals surface area (Å²) in [5.41, 5.74) is 6.76. The number of amides is 2. The molecular formula is C33H24BrN5O. The Hall–Kier alpha value is -4.75. The number of urea groups is 1. The molecule has 5 aromatic carbocycles. The van der Waals surface area contributed by atoms with Gasteiger partial charge in [0.05, 0.1) is 0 Å². The zero-order valence-electron chi connectivity index (χ0n) is 21.4. The van der Waals surface area contributed by atoms with E-state index in [1.54, 1.807) is 14.6 Å². The SMILES string of the molecule is O=C1N(c2ccccc2)C2(c3ccccc3)N=[N+](c3ccccc3)[N-]C2(c2ccccc2)N1c1ccc(Br)cc1. The van der Waals surface area contributed by atoms with Crippen molar-refractivity contribution in [3.05, 3.63) is 167 Å². The topological polar surface area (TPSA) is 53.0 Å². The Balaban J connectivity index is 1.63. The van der Waals surface area contributed by atoms with Crippen LogP contribution in [0, 0.1) is 0 Å². The van der Waals surface area contributed by atoms with Crippen molar-refractivity contribution in [3.63, 3.8) is 0 Å². The minimum Gasteiger partial charge on any atom is -0.276 e. The maximum absolute atomic E-state index is 14.9. The lowest BCUT2D eigenvalue weighted by Gasteiger charge is -2.45. The van der Waals surface area contributed by atoms with E-state index in [0.29, 0.717) is 5.69 Å². The molecule has 0 bridgehead atoms. The van der Waals surface area contributed by atoms with E-state index in [0.717, 1.165) is 27.0 Å². The molecule has 194 valence electrons. The first-order valence-electron chi connectivity index (χ1n) is 13.0. The van der Waals surface area contributed by atoms with E-state index in [-0.39, 0.29) is 6.03 Å². The first kappa shape index (κ1) is 24.3. The molecule has 0 saturated carbocycles. The van der Waals surface area contributed by atoms with Gasteiger partial charge in [0, 0.05) is 28.0 Å². The molecule has 5 aromatic rings. The van der Waals surface area contributed by atoms with E-state index >= 15 is 0 Å². The van der Waals surface area contributed by atoms with Gasteiger partial charge in [0.1, 0.15) is 0 Å². The van der Waals surface area contributed by atoms with Crippen molar-refractivity contribution in [2.24, 2.45) is 5.11 Å². The van der Waals surface area contributed by atoms with Crippen LogP contribution in [0.5, 0.6) is 0 Å². The van der Waals surface area contributed by atoms with Crippen LogP contribution in [0.4, 0.5) is 21.9 Å². The molecule has 2 aliphatic heterocycles. The fraction of sp³-hybridized carbons (Fsp3) is 0.0606. The number of nitrogens with zero attached hydrogens (tertiary/aromatic N) is 5. The maximum Gasteiger partial charge on any atom is 0.330 e. The summed E-state index contributed by atoms with van der Waals surface area (Å²) in [5, 5.41) is 5.39. The third-order valence-electron chi connectivity index (χ3n) is 7.43. The summed E-state index contributed by atoms with van der Waals surface area (Å²) in [5.74, 6) is 0. The second-order valence-corrected chi connectivity index (χ2v) is 10.6. The Labute approximate surface area is 240 Å². The van der Waals surface area contributed by atoms with Crippen LogP contribution in [0.2, 0.25) is 0 Å². The number of hydrogen-bond acceptors (Lipinski definition) is 2. The summed E-state index contributed by atoms with van der Waals surface area (Å²) in [6.07, 6.45) is 0. The molecule has 1 fully saturated rings. The van der Waals surface area contributed by atoms with Crippen molar-refractivity contribution in [2.75, 3.05) is 9.80 Å². The Morgan fingerprint density at radius 2 is 1.10 bits per heavy atom. The third-order valence-corrected chi connectivity index (χ3v) is 7.96. The highest BCUT2D eigenvalue weighted by Crippen LogP contribution is 2.64. The zero-order chi connectivity index (χ0) is 27.2. The van der Waals surface area contributed by atoms with Gasteiger partial charge < -0.3 is 0 Å². The molecule has 0 N–H and O–H groups in total. The number of hydrogen-bond donors (Lipinski definition) is 0. The van der Waals surface area contributed by atoms with Gasteiger partial charge in [-0.15, -0.1) is 4.81 Å². The van der Waals surface area contributed by atoms with Gasteiger partial charge in [-0.25, -0.2) is 4.79 Å². The second-order valence-electron chi connectivity index (χ2n) is 9.67. The van der Waals surface area contributed by atoms with Crippen molar-refractivity contribution in [3.8, 4) is 0 Å². The first-order chi connectivity index (χ1) is 19.6. The molecule has 2 amide bonds. The number of anilines is 2. The van der Waals surface area contributed by atoms with Crippen LogP contribution in [-0.4, -0.2) is 10.8 Å². The molecule has 2 aliphatic rings. The van der Waals surface area contributed by atoms with E-state index in [4.69, 9.17) is 10.5 Å². The molecule has 0 aromatic heterocycles. The maximum atomic E-state index is 14.9. The Bertz CT molecular complexity index is 1700. The molecule has 2 atom stereocenters. The van der Waals surface area contributed by atoms with Gasteiger partial charge in [-0.3, -0.25) is 9.80 Å². The van der Waals surface area contributed by atoms with Crippen molar-refractivity contribution in [1.29, 1.82) is 0 Å². The number of halogens is 1. The zero-order valence-corrected chi connectivity index (χ0v) is 23.0. The van der Waals surface area contributed by atoms with Crippen LogP contribution < -0.4 is 9.80 Å². The fourth-order valence-corrected chi connectivity index (χ4v) is 6.03. The summed E-state index contributed by atoms with van der Waals surface area (Å²) in [4.78, 5) is 20.2. The van der Waals surface area contributed by atoms with Gasteiger partial charge in [-0.1, -0.05) is 113 Å². The highest BCUT2D eigenvalue weighted by Gasteiger charge is 2.71. The van der Waals surface area contributed by atoms with Gasteiger partial charge in [0.25, 0.3) is 0 Å². The van der Waals surface area contributed by atoms with Crippen LogP contribution in [0.1, 0.15) is 11.1 Å². The summed E-state index contributed by atoms with van der Waals surface area (Å²) < 4.78 is 0.921. The lowest BCUT2D eigenvalue weighted by atomic mass is 9.81. The minimum absolute atomic E-state index is 0.221. The van der Waals surface area contributed by atoms with Crippen molar-refractivity contribution >= 4 is 39.0 Å². The quantitative estimate of drug-likeness (QED) is 0.190. The number of para-hydroxylation sites is 2. The van der Waals surface area contributed by atoms with Crippen LogP contribution in [-0.2, 0) is 11.3 Å². The predicted molar refractivity (Wildman–Crippen MR) is 159 cm³/mol. The van der Waals surface area contributed by atoms with Crippen LogP contribution in [0.25, 0.3) is 5.43 Å². The molecule has 0 radical (unpaired) electrons. The largest absolute Gasteiger partial charge is 0.330 e. The van der Waals surface area contributed by atoms with E-state index in [1.165, 1.54) is 0 Å². The number of carbonyl (C=O) groups is 1. The third kappa shape index (κ3) is 3.44. The molecular weight excluding hydrogens is 562 g/mol. The van der Waals surface area contributed by atoms with Crippen molar-refractivity contribution in [2.45, 2.75) is 11.3 Å². The average Bonchev–Trinajstić information content (AvgIpc) is 3.47. The smallest absolute Gasteiger partial charge is 0.276 e. The predicted octanol–water partition coefficient (Wildman–Crippen LogP) is 8.70. The number of carbonyl (C=O) groups excluding carboxylic acids is 1. The number of benzene rings is 5. The van der Waals surface area contributed by atoms with E-state index in [9.17, 15) is 4.79 Å². The van der Waals surface area contributed by atoms with E-state index < -0.39 is 11.3 Å². The average molecular weight is 586 g/mol. The highest BCUT2D eigenvalue weighted by molar-refractivity contribution is 9.10. The molecule has 0 aliphatic carbocycles. The normalized spacial score (nSPS) is 21.6. The molecule has 40 heavy (non-hydrogen) atoms. The van der Waals surface area contributed by atoms with Gasteiger partial charge in [-0.2, -0.15) is 10.5 Å². The summed E-state index contributed by atoms with van der Waals surface area (Å²) in [7, 11) is 0. The molecule has 7 heteroatoms. The number of rotatable bonds is 5. The highest BCUT2D eigenvalue weighted by atomic mass is 79.9. The number of fused-ring (bicyclic) bond motifs is 1. The molecule has 0 spiro atoms. The van der Waals surface area contributed by atoms with Crippen molar-refractivity contribution < 1.29 is 9.60 Å². The van der Waals surface area contributed by atoms with Crippen LogP contribution >= 0.6 is 15.9 Å². The van der Waals surface area contributed by atoms with E-state index in [2.05, 4.69) is 15.9 Å². The molecule has 7 rings (SSSR count). The molecule has 2 unspecified atom stereocenters. The van der Waals surface area contributed by atoms with Gasteiger partial charge in [0.2, 0.25) is 5.69 Å². The standard InChI is InChI=1S/C33H24BrN5O/c34-27-21-23-29(24-22-27)38-31(40)37(28-17-9-3-10-18-28)32(25-13-5-1-6-14-25)33(38,26-15-7-2-8-16-26)36-39(35-32)30-19-11-4-12-20-30/h1-24H. The Kier molecular flexibility index (Phi) is 5.75.